The van der Waals surface area contributed by atoms with Gasteiger partial charge in [-0.1, -0.05) is 0 Å². The molecule has 1 atom stereocenters. The second-order valence-electron chi connectivity index (χ2n) is 1.75. The molecule has 0 fully saturated rings. The highest BCUT2D eigenvalue weighted by atomic mass is 32.1. The predicted molar refractivity (Wildman–Crippen MR) is 36.5 cm³/mol. The second-order valence-corrected chi connectivity index (χ2v) is 2.12. The molecule has 0 radical (unpaired) electrons. The maximum atomic E-state index is 10.3. The van der Waals surface area contributed by atoms with E-state index in [1.54, 1.807) is 0 Å². The largest absolute Gasteiger partial charge is 0.548 e. The second kappa shape index (κ2) is 4.16. The van der Waals surface area contributed by atoms with E-state index in [9.17, 15) is 14.7 Å². The molecule has 0 saturated heterocycles. The number of carbonyl (C=O) groups excluding carboxylic acids is 2. The number of nitrogens with one attached hydrogen (secondary N) is 1. The third-order valence-corrected chi connectivity index (χ3v) is 1.21. The Bertz CT molecular complexity index is 148. The molecule has 0 rings (SSSR count). The molecule has 0 aromatic rings. The number of hydrogen-bond acceptors (Lipinski definition) is 4. The van der Waals surface area contributed by atoms with Crippen molar-refractivity contribution >= 4 is 24.5 Å². The summed E-state index contributed by atoms with van der Waals surface area (Å²) in [4.78, 5) is 20.4. The van der Waals surface area contributed by atoms with Crippen LogP contribution in [0.15, 0.2) is 0 Å². The Labute approximate surface area is 64.0 Å². The molecule has 0 spiro atoms. The number of thiol groups is 1. The maximum absolute atomic E-state index is 10.3. The summed E-state index contributed by atoms with van der Waals surface area (Å²) in [5, 5.41) is 12.2. The lowest BCUT2D eigenvalue weighted by Crippen LogP contribution is -2.48. The zero-order chi connectivity index (χ0) is 8.15. The SMILES string of the molecule is CC(=O)N[C@@H](CS)C(=O)[O-]. The van der Waals surface area contributed by atoms with Gasteiger partial charge in [0.2, 0.25) is 5.91 Å². The summed E-state index contributed by atoms with van der Waals surface area (Å²) in [7, 11) is 0. The topological polar surface area (TPSA) is 69.2 Å². The first-order chi connectivity index (χ1) is 4.57. The van der Waals surface area contributed by atoms with E-state index in [0.717, 1.165) is 0 Å². The van der Waals surface area contributed by atoms with Crippen LogP contribution in [0.1, 0.15) is 6.92 Å². The van der Waals surface area contributed by atoms with E-state index in [4.69, 9.17) is 0 Å². The van der Waals surface area contributed by atoms with Crippen LogP contribution in [0.3, 0.4) is 0 Å². The van der Waals surface area contributed by atoms with Gasteiger partial charge in [0.15, 0.2) is 0 Å². The molecule has 0 unspecified atom stereocenters. The van der Waals surface area contributed by atoms with Gasteiger partial charge in [-0.15, -0.1) is 0 Å². The fourth-order valence-electron chi connectivity index (χ4n) is 0.424. The molecule has 1 N–H and O–H groups in total. The van der Waals surface area contributed by atoms with Gasteiger partial charge < -0.3 is 15.2 Å². The van der Waals surface area contributed by atoms with Crippen LogP contribution in [0.2, 0.25) is 0 Å². The van der Waals surface area contributed by atoms with Gasteiger partial charge in [-0.3, -0.25) is 4.79 Å². The minimum atomic E-state index is -1.31. The van der Waals surface area contributed by atoms with Crippen molar-refractivity contribution in [3.05, 3.63) is 0 Å². The van der Waals surface area contributed by atoms with E-state index in [-0.39, 0.29) is 5.75 Å². The van der Waals surface area contributed by atoms with Gasteiger partial charge in [-0.05, 0) is 0 Å². The molecule has 0 heterocycles. The summed E-state index contributed by atoms with van der Waals surface area (Å²) in [6.07, 6.45) is 0. The quantitative estimate of drug-likeness (QED) is 0.480. The third-order valence-electron chi connectivity index (χ3n) is 0.845. The molecular weight excluding hydrogens is 154 g/mol. The van der Waals surface area contributed by atoms with Gasteiger partial charge in [0.05, 0.1) is 12.0 Å². The van der Waals surface area contributed by atoms with E-state index in [0.29, 0.717) is 0 Å². The van der Waals surface area contributed by atoms with Crippen LogP contribution in [-0.2, 0) is 9.59 Å². The summed E-state index contributed by atoms with van der Waals surface area (Å²) in [5.74, 6) is -1.67. The van der Waals surface area contributed by atoms with Crippen LogP contribution in [0.25, 0.3) is 0 Å². The fraction of sp³-hybridized carbons (Fsp3) is 0.600. The first-order valence-corrected chi connectivity index (χ1v) is 3.30. The molecule has 0 aromatic carbocycles. The van der Waals surface area contributed by atoms with Crippen LogP contribution in [0.4, 0.5) is 0 Å². The Balaban J connectivity index is 3.83. The van der Waals surface area contributed by atoms with Crippen molar-refractivity contribution in [2.24, 2.45) is 0 Å². The number of rotatable bonds is 3. The molecule has 58 valence electrons. The first kappa shape index (κ1) is 9.29. The molecule has 4 nitrogen and oxygen atoms in total. The van der Waals surface area contributed by atoms with Crippen molar-refractivity contribution in [2.75, 3.05) is 5.75 Å². The lowest BCUT2D eigenvalue weighted by molar-refractivity contribution is -0.307. The molecule has 10 heavy (non-hydrogen) atoms. The molecule has 0 aliphatic carbocycles. The first-order valence-electron chi connectivity index (χ1n) is 2.66. The standard InChI is InChI=1S/C5H9NO3S/c1-3(7)6-4(2-10)5(8)9/h4,10H,2H2,1H3,(H,6,7)(H,8,9)/p-1/t4-/m0/s1. The monoisotopic (exact) mass is 162 g/mol. The van der Waals surface area contributed by atoms with E-state index in [1.807, 2.05) is 0 Å². The lowest BCUT2D eigenvalue weighted by Gasteiger charge is -2.15. The van der Waals surface area contributed by atoms with E-state index in [2.05, 4.69) is 17.9 Å². The fourth-order valence-corrected chi connectivity index (χ4v) is 0.665. The molecule has 1 amide bonds. The number of carboxylic acid groups (broad SMARTS) is 1. The molecule has 0 aromatic heterocycles. The Hall–Kier alpha value is -0.710. The van der Waals surface area contributed by atoms with Crippen molar-refractivity contribution < 1.29 is 14.7 Å². The van der Waals surface area contributed by atoms with Crippen LogP contribution >= 0.6 is 12.6 Å². The minimum absolute atomic E-state index is 0.0436. The van der Waals surface area contributed by atoms with Gasteiger partial charge in [0, 0.05) is 12.7 Å². The van der Waals surface area contributed by atoms with Crippen molar-refractivity contribution in [3.63, 3.8) is 0 Å². The number of carboxylic acids is 1. The molecule has 0 bridgehead atoms. The number of hydrogen-bond donors (Lipinski definition) is 2. The Morgan fingerprint density at radius 2 is 2.20 bits per heavy atom. The van der Waals surface area contributed by atoms with E-state index >= 15 is 0 Å². The molecular formula is C5H8NO3S-. The lowest BCUT2D eigenvalue weighted by atomic mass is 10.3. The van der Waals surface area contributed by atoms with Crippen LogP contribution in [-0.4, -0.2) is 23.7 Å². The predicted octanol–water partition coefficient (Wildman–Crippen LogP) is -1.83. The summed E-state index contributed by atoms with van der Waals surface area (Å²) in [5.41, 5.74) is 0. The summed E-state index contributed by atoms with van der Waals surface area (Å²) in [6, 6.07) is -0.985. The zero-order valence-corrected chi connectivity index (χ0v) is 6.35. The van der Waals surface area contributed by atoms with E-state index < -0.39 is 17.9 Å². The highest BCUT2D eigenvalue weighted by Crippen LogP contribution is 1.84. The van der Waals surface area contributed by atoms with Gasteiger partial charge in [-0.2, -0.15) is 12.6 Å². The van der Waals surface area contributed by atoms with Crippen molar-refractivity contribution in [1.29, 1.82) is 0 Å². The summed E-state index contributed by atoms with van der Waals surface area (Å²) in [6.45, 7) is 1.24. The highest BCUT2D eigenvalue weighted by Gasteiger charge is 2.06. The third kappa shape index (κ3) is 3.34. The summed E-state index contributed by atoms with van der Waals surface area (Å²) < 4.78 is 0. The average molecular weight is 162 g/mol. The highest BCUT2D eigenvalue weighted by molar-refractivity contribution is 7.80. The molecule has 0 aliphatic heterocycles. The van der Waals surface area contributed by atoms with Gasteiger partial charge >= 0.3 is 0 Å². The smallest absolute Gasteiger partial charge is 0.217 e. The van der Waals surface area contributed by atoms with Gasteiger partial charge in [0.25, 0.3) is 0 Å². The zero-order valence-electron chi connectivity index (χ0n) is 5.46. The van der Waals surface area contributed by atoms with Crippen LogP contribution in [0, 0.1) is 0 Å². The molecule has 0 aliphatic rings. The number of aliphatic carboxylic acids is 1. The number of amides is 1. The number of carbonyl (C=O) groups is 2. The Morgan fingerprint density at radius 1 is 1.70 bits per heavy atom. The molecule has 5 heteroatoms. The summed E-state index contributed by atoms with van der Waals surface area (Å²) >= 11 is 3.69. The normalized spacial score (nSPS) is 12.2. The van der Waals surface area contributed by atoms with Crippen molar-refractivity contribution in [3.8, 4) is 0 Å². The van der Waals surface area contributed by atoms with Crippen molar-refractivity contribution in [1.82, 2.24) is 5.32 Å². The Morgan fingerprint density at radius 3 is 2.30 bits per heavy atom. The van der Waals surface area contributed by atoms with Crippen LogP contribution < -0.4 is 10.4 Å². The maximum Gasteiger partial charge on any atom is 0.217 e. The van der Waals surface area contributed by atoms with Gasteiger partial charge in [0.1, 0.15) is 0 Å². The molecule has 0 saturated carbocycles. The minimum Gasteiger partial charge on any atom is -0.548 e. The van der Waals surface area contributed by atoms with E-state index in [1.165, 1.54) is 6.92 Å². The van der Waals surface area contributed by atoms with Crippen molar-refractivity contribution in [2.45, 2.75) is 13.0 Å². The Kier molecular flexibility index (Phi) is 3.87. The average Bonchev–Trinajstić information content (AvgIpc) is 1.81. The van der Waals surface area contributed by atoms with Crippen LogP contribution in [0.5, 0.6) is 0 Å². The van der Waals surface area contributed by atoms with Gasteiger partial charge in [-0.25, -0.2) is 0 Å².